The molecule has 0 radical (unpaired) electrons. The lowest BCUT2D eigenvalue weighted by atomic mass is 10.1. The van der Waals surface area contributed by atoms with E-state index in [1.165, 1.54) is 7.11 Å². The van der Waals surface area contributed by atoms with Crippen LogP contribution < -0.4 is 4.74 Å². The number of hydrogen-bond acceptors (Lipinski definition) is 5. The van der Waals surface area contributed by atoms with Crippen LogP contribution in [0.4, 0.5) is 0 Å². The molecule has 6 nitrogen and oxygen atoms in total. The fourth-order valence-corrected chi connectivity index (χ4v) is 3.46. The van der Waals surface area contributed by atoms with E-state index in [0.717, 1.165) is 29.9 Å². The van der Waals surface area contributed by atoms with Gasteiger partial charge >= 0.3 is 5.97 Å². The second kappa shape index (κ2) is 8.20. The largest absolute Gasteiger partial charge is 0.487 e. The Hall–Kier alpha value is -2.57. The molecule has 0 N–H and O–H groups in total. The van der Waals surface area contributed by atoms with Crippen molar-refractivity contribution in [3.63, 3.8) is 0 Å². The van der Waals surface area contributed by atoms with Crippen molar-refractivity contribution in [3.05, 3.63) is 59.4 Å². The zero-order valence-electron chi connectivity index (χ0n) is 15.6. The van der Waals surface area contributed by atoms with Crippen molar-refractivity contribution < 1.29 is 19.0 Å². The molecule has 0 amide bonds. The number of halogens is 1. The minimum atomic E-state index is -0.425. The third-order valence-corrected chi connectivity index (χ3v) is 5.09. The van der Waals surface area contributed by atoms with Crippen LogP contribution in [0.5, 0.6) is 5.75 Å². The van der Waals surface area contributed by atoms with E-state index in [2.05, 4.69) is 4.98 Å². The highest BCUT2D eigenvalue weighted by Crippen LogP contribution is 2.31. The Morgan fingerprint density at radius 3 is 2.75 bits per heavy atom. The van der Waals surface area contributed by atoms with Crippen molar-refractivity contribution in [2.24, 2.45) is 0 Å². The molecular weight excluding hydrogens is 380 g/mol. The summed E-state index contributed by atoms with van der Waals surface area (Å²) in [4.78, 5) is 16.9. The van der Waals surface area contributed by atoms with E-state index in [0.29, 0.717) is 30.0 Å². The van der Waals surface area contributed by atoms with Crippen LogP contribution in [-0.4, -0.2) is 35.3 Å². The van der Waals surface area contributed by atoms with Gasteiger partial charge in [-0.3, -0.25) is 0 Å². The normalized spacial score (nSPS) is 16.0. The topological polar surface area (TPSA) is 62.6 Å². The SMILES string of the molecule is COC(=O)c1cc(OCc2ccccc2)c2nc(CCl)n(C[C@@H]3CCO3)c2c1. The summed E-state index contributed by atoms with van der Waals surface area (Å²) in [7, 11) is 1.36. The van der Waals surface area contributed by atoms with Gasteiger partial charge in [0, 0.05) is 6.61 Å². The van der Waals surface area contributed by atoms with Crippen LogP contribution in [0.1, 0.15) is 28.2 Å². The molecule has 4 rings (SSSR count). The van der Waals surface area contributed by atoms with Crippen LogP contribution in [-0.2, 0) is 28.5 Å². The number of hydrogen-bond donors (Lipinski definition) is 0. The summed E-state index contributed by atoms with van der Waals surface area (Å²) in [6.07, 6.45) is 1.13. The lowest BCUT2D eigenvalue weighted by Crippen LogP contribution is -2.31. The summed E-state index contributed by atoms with van der Waals surface area (Å²) in [5.74, 6) is 1.08. The molecule has 1 atom stereocenters. The van der Waals surface area contributed by atoms with E-state index in [1.807, 2.05) is 34.9 Å². The smallest absolute Gasteiger partial charge is 0.338 e. The molecule has 0 bridgehead atoms. The minimum absolute atomic E-state index is 0.134. The van der Waals surface area contributed by atoms with Gasteiger partial charge in [0.1, 0.15) is 23.7 Å². The predicted octanol–water partition coefficient (Wildman–Crippen LogP) is 3.93. The molecule has 28 heavy (non-hydrogen) atoms. The highest BCUT2D eigenvalue weighted by atomic mass is 35.5. The Bertz CT molecular complexity index is 983. The van der Waals surface area contributed by atoms with E-state index in [-0.39, 0.29) is 12.0 Å². The van der Waals surface area contributed by atoms with E-state index >= 15 is 0 Å². The first kappa shape index (κ1) is 18.8. The molecule has 3 aromatic rings. The highest BCUT2D eigenvalue weighted by molar-refractivity contribution is 6.17. The summed E-state index contributed by atoms with van der Waals surface area (Å²) in [6.45, 7) is 1.78. The second-order valence-electron chi connectivity index (χ2n) is 6.66. The van der Waals surface area contributed by atoms with Crippen LogP contribution in [0.15, 0.2) is 42.5 Å². The molecule has 146 valence electrons. The maximum Gasteiger partial charge on any atom is 0.338 e. The van der Waals surface area contributed by atoms with Crippen molar-refractivity contribution >= 4 is 28.6 Å². The number of rotatable bonds is 7. The maximum atomic E-state index is 12.2. The molecule has 7 heteroatoms. The number of methoxy groups -OCH3 is 1. The van der Waals surface area contributed by atoms with Crippen molar-refractivity contribution in [2.45, 2.75) is 31.6 Å². The van der Waals surface area contributed by atoms with Gasteiger partial charge in [-0.1, -0.05) is 30.3 Å². The van der Waals surface area contributed by atoms with Crippen molar-refractivity contribution in [3.8, 4) is 5.75 Å². The summed E-state index contributed by atoms with van der Waals surface area (Å²) in [5, 5.41) is 0. The Kier molecular flexibility index (Phi) is 5.50. The molecule has 2 aromatic carbocycles. The van der Waals surface area contributed by atoms with Gasteiger partial charge in [-0.15, -0.1) is 11.6 Å². The number of alkyl halides is 1. The average molecular weight is 401 g/mol. The standard InChI is InChI=1S/C21H21ClN2O4/c1-26-21(25)15-9-17-20(18(10-15)28-13-14-5-3-2-4-6-14)23-19(11-22)24(17)12-16-7-8-27-16/h2-6,9-10,16H,7-8,11-13H2,1H3/t16-/m0/s1. The van der Waals surface area contributed by atoms with E-state index in [1.54, 1.807) is 12.1 Å². The van der Waals surface area contributed by atoms with E-state index in [4.69, 9.17) is 25.8 Å². The summed E-state index contributed by atoms with van der Waals surface area (Å²) < 4.78 is 18.5. The maximum absolute atomic E-state index is 12.2. The quantitative estimate of drug-likeness (QED) is 0.444. The number of fused-ring (bicyclic) bond motifs is 1. The highest BCUT2D eigenvalue weighted by Gasteiger charge is 2.24. The fraction of sp³-hybridized carbons (Fsp3) is 0.333. The lowest BCUT2D eigenvalue weighted by molar-refractivity contribution is -0.0589. The van der Waals surface area contributed by atoms with Gasteiger partial charge in [0.2, 0.25) is 0 Å². The van der Waals surface area contributed by atoms with Crippen LogP contribution in [0.3, 0.4) is 0 Å². The molecule has 0 spiro atoms. The average Bonchev–Trinajstić information content (AvgIpc) is 3.06. The Balaban J connectivity index is 1.76. The molecule has 2 heterocycles. The van der Waals surface area contributed by atoms with Gasteiger partial charge in [-0.25, -0.2) is 9.78 Å². The van der Waals surface area contributed by atoms with Crippen molar-refractivity contribution in [1.82, 2.24) is 9.55 Å². The third-order valence-electron chi connectivity index (χ3n) is 4.86. The molecule has 1 aromatic heterocycles. The summed E-state index contributed by atoms with van der Waals surface area (Å²) in [5.41, 5.74) is 2.91. The number of esters is 1. The van der Waals surface area contributed by atoms with Crippen LogP contribution in [0.25, 0.3) is 11.0 Å². The monoisotopic (exact) mass is 400 g/mol. The Labute approximate surface area is 168 Å². The number of carbonyl (C=O) groups is 1. The number of aromatic nitrogens is 2. The van der Waals surface area contributed by atoms with Crippen LogP contribution in [0, 0.1) is 0 Å². The summed E-state index contributed by atoms with van der Waals surface area (Å²) in [6, 6.07) is 13.3. The third kappa shape index (κ3) is 3.70. The minimum Gasteiger partial charge on any atom is -0.487 e. The second-order valence-corrected chi connectivity index (χ2v) is 6.93. The van der Waals surface area contributed by atoms with E-state index < -0.39 is 5.97 Å². The number of imidazole rings is 1. The van der Waals surface area contributed by atoms with Gasteiger partial charge in [-0.2, -0.15) is 0 Å². The van der Waals surface area contributed by atoms with Gasteiger partial charge in [0.05, 0.1) is 36.7 Å². The molecule has 0 saturated carbocycles. The molecule has 1 fully saturated rings. The van der Waals surface area contributed by atoms with Gasteiger partial charge < -0.3 is 18.8 Å². The molecular formula is C21H21ClN2O4. The van der Waals surface area contributed by atoms with Gasteiger partial charge in [0.25, 0.3) is 0 Å². The number of ether oxygens (including phenoxy) is 3. The Morgan fingerprint density at radius 1 is 1.32 bits per heavy atom. The molecule has 1 aliphatic heterocycles. The molecule has 0 aliphatic carbocycles. The number of nitrogens with zero attached hydrogens (tertiary/aromatic N) is 2. The predicted molar refractivity (Wildman–Crippen MR) is 106 cm³/mol. The van der Waals surface area contributed by atoms with Crippen molar-refractivity contribution in [1.29, 1.82) is 0 Å². The first-order chi connectivity index (χ1) is 13.7. The number of benzene rings is 2. The lowest BCUT2D eigenvalue weighted by Gasteiger charge is -2.27. The fourth-order valence-electron chi connectivity index (χ4n) is 3.26. The first-order valence-corrected chi connectivity index (χ1v) is 9.69. The van der Waals surface area contributed by atoms with E-state index in [9.17, 15) is 4.79 Å². The summed E-state index contributed by atoms with van der Waals surface area (Å²) >= 11 is 6.15. The van der Waals surface area contributed by atoms with Crippen LogP contribution in [0.2, 0.25) is 0 Å². The van der Waals surface area contributed by atoms with Crippen LogP contribution >= 0.6 is 11.6 Å². The van der Waals surface area contributed by atoms with Gasteiger partial charge in [0.15, 0.2) is 0 Å². The first-order valence-electron chi connectivity index (χ1n) is 9.15. The molecule has 1 saturated heterocycles. The zero-order valence-corrected chi connectivity index (χ0v) is 16.3. The van der Waals surface area contributed by atoms with Crippen molar-refractivity contribution in [2.75, 3.05) is 13.7 Å². The van der Waals surface area contributed by atoms with Gasteiger partial charge in [-0.05, 0) is 24.1 Å². The Morgan fingerprint density at radius 2 is 2.11 bits per heavy atom. The molecule has 0 unspecified atom stereocenters. The zero-order chi connectivity index (χ0) is 19.5. The number of carbonyl (C=O) groups excluding carboxylic acids is 1. The molecule has 1 aliphatic rings.